The summed E-state index contributed by atoms with van der Waals surface area (Å²) < 4.78 is 11.4. The summed E-state index contributed by atoms with van der Waals surface area (Å²) in [6, 6.07) is 0.139. The topological polar surface area (TPSA) is 59.1 Å². The summed E-state index contributed by atoms with van der Waals surface area (Å²) in [4.78, 5) is 29.1. The van der Waals surface area contributed by atoms with Gasteiger partial charge in [-0.05, 0) is 39.8 Å². The molecule has 6 atom stereocenters. The molecule has 0 aromatic carbocycles. The fourth-order valence-electron chi connectivity index (χ4n) is 4.45. The number of ketones is 1. The minimum atomic E-state index is -0.255. The summed E-state index contributed by atoms with van der Waals surface area (Å²) in [7, 11) is 7.41. The number of hydrogen-bond acceptors (Lipinski definition) is 5. The molecular weight excluding hydrogens is 344 g/mol. The SMILES string of the molecule is CC[C@H](C)C([C@@H](CC(=O)N1CCC[C@H]1[C@H](OC)[C@@H](C)C(C)=O)OC)N(C)C. The highest BCUT2D eigenvalue weighted by molar-refractivity contribution is 5.80. The number of carbonyl (C=O) groups excluding carboxylic acids is 2. The first-order valence-electron chi connectivity index (χ1n) is 10.2. The van der Waals surface area contributed by atoms with Gasteiger partial charge in [-0.1, -0.05) is 27.2 Å². The van der Waals surface area contributed by atoms with Gasteiger partial charge in [0.15, 0.2) is 0 Å². The van der Waals surface area contributed by atoms with Crippen molar-refractivity contribution in [3.8, 4) is 0 Å². The number of Topliss-reactive ketones (excluding diaryl/α,β-unsaturated/α-hetero) is 1. The highest BCUT2D eigenvalue weighted by atomic mass is 16.5. The third kappa shape index (κ3) is 6.00. The minimum Gasteiger partial charge on any atom is -0.379 e. The third-order valence-electron chi connectivity index (χ3n) is 6.29. The first kappa shape index (κ1) is 24.1. The summed E-state index contributed by atoms with van der Waals surface area (Å²) in [5, 5.41) is 0. The summed E-state index contributed by atoms with van der Waals surface area (Å²) in [5.41, 5.74) is 0. The molecule has 0 aliphatic carbocycles. The number of carbonyl (C=O) groups is 2. The van der Waals surface area contributed by atoms with E-state index in [2.05, 4.69) is 18.7 Å². The van der Waals surface area contributed by atoms with Crippen molar-refractivity contribution in [2.45, 2.75) is 77.7 Å². The van der Waals surface area contributed by atoms with E-state index in [4.69, 9.17) is 9.47 Å². The fraction of sp³-hybridized carbons (Fsp3) is 0.905. The third-order valence-corrected chi connectivity index (χ3v) is 6.29. The van der Waals surface area contributed by atoms with Gasteiger partial charge in [0.05, 0.1) is 24.7 Å². The van der Waals surface area contributed by atoms with Crippen LogP contribution >= 0.6 is 0 Å². The van der Waals surface area contributed by atoms with Gasteiger partial charge >= 0.3 is 0 Å². The molecule has 1 unspecified atom stereocenters. The molecule has 6 nitrogen and oxygen atoms in total. The molecule has 0 spiro atoms. The molecule has 1 heterocycles. The maximum absolute atomic E-state index is 13.2. The molecule has 0 bridgehead atoms. The van der Waals surface area contributed by atoms with E-state index in [0.717, 1.165) is 25.8 Å². The Labute approximate surface area is 165 Å². The van der Waals surface area contributed by atoms with Gasteiger partial charge in [-0.2, -0.15) is 0 Å². The van der Waals surface area contributed by atoms with E-state index in [1.54, 1.807) is 21.1 Å². The molecule has 0 aromatic rings. The van der Waals surface area contributed by atoms with E-state index in [-0.39, 0.29) is 41.9 Å². The van der Waals surface area contributed by atoms with Gasteiger partial charge in [0, 0.05) is 32.7 Å². The lowest BCUT2D eigenvalue weighted by atomic mass is 9.90. The van der Waals surface area contributed by atoms with Crippen LogP contribution in [0.1, 0.15) is 53.4 Å². The van der Waals surface area contributed by atoms with E-state index < -0.39 is 0 Å². The maximum Gasteiger partial charge on any atom is 0.225 e. The van der Waals surface area contributed by atoms with Gasteiger partial charge in [-0.25, -0.2) is 0 Å². The molecule has 1 aliphatic rings. The van der Waals surface area contributed by atoms with Gasteiger partial charge in [-0.15, -0.1) is 0 Å². The van der Waals surface area contributed by atoms with Gasteiger partial charge in [-0.3, -0.25) is 9.59 Å². The van der Waals surface area contributed by atoms with Crippen LogP contribution in [-0.4, -0.2) is 80.6 Å². The normalized spacial score (nSPS) is 23.1. The molecule has 0 saturated carbocycles. The Morgan fingerprint density at radius 3 is 2.26 bits per heavy atom. The second kappa shape index (κ2) is 11.1. The van der Waals surface area contributed by atoms with Crippen LogP contribution in [0.3, 0.4) is 0 Å². The second-order valence-corrected chi connectivity index (χ2v) is 8.21. The summed E-state index contributed by atoms with van der Waals surface area (Å²) in [6.07, 6.45) is 2.79. The first-order valence-corrected chi connectivity index (χ1v) is 10.2. The lowest BCUT2D eigenvalue weighted by Crippen LogP contribution is -2.50. The molecule has 27 heavy (non-hydrogen) atoms. The number of rotatable bonds is 11. The summed E-state index contributed by atoms with van der Waals surface area (Å²) in [5.74, 6) is 0.399. The Hall–Kier alpha value is -0.980. The first-order chi connectivity index (χ1) is 12.7. The lowest BCUT2D eigenvalue weighted by molar-refractivity contribution is -0.142. The van der Waals surface area contributed by atoms with Gasteiger partial charge in [0.2, 0.25) is 5.91 Å². The van der Waals surface area contributed by atoms with Crippen LogP contribution < -0.4 is 0 Å². The van der Waals surface area contributed by atoms with E-state index >= 15 is 0 Å². The van der Waals surface area contributed by atoms with Crippen LogP contribution in [0.5, 0.6) is 0 Å². The van der Waals surface area contributed by atoms with Crippen LogP contribution in [0.2, 0.25) is 0 Å². The largest absolute Gasteiger partial charge is 0.379 e. The number of likely N-dealkylation sites (tertiary alicyclic amines) is 1. The predicted octanol–water partition coefficient (Wildman–Crippen LogP) is 2.60. The van der Waals surface area contributed by atoms with Crippen LogP contribution in [0, 0.1) is 11.8 Å². The molecule has 1 amide bonds. The van der Waals surface area contributed by atoms with Crippen molar-refractivity contribution in [2.75, 3.05) is 34.9 Å². The minimum absolute atomic E-state index is 0.0414. The maximum atomic E-state index is 13.2. The average molecular weight is 385 g/mol. The lowest BCUT2D eigenvalue weighted by Gasteiger charge is -2.38. The standard InChI is InChI=1S/C21H40N2O4/c1-9-14(2)20(22(5)6)18(26-7)13-19(25)23-12-10-11-17(23)21(27-8)15(3)16(4)24/h14-15,17-18,20-21H,9-13H2,1-8H3/t14-,15-,17-,18+,20?,21+/m0/s1. The van der Waals surface area contributed by atoms with Crippen molar-refractivity contribution >= 4 is 11.7 Å². The summed E-state index contributed by atoms with van der Waals surface area (Å²) >= 11 is 0. The molecule has 1 aliphatic heterocycles. The van der Waals surface area contributed by atoms with E-state index in [1.165, 1.54) is 0 Å². The van der Waals surface area contributed by atoms with E-state index in [1.807, 2.05) is 25.9 Å². The Morgan fingerprint density at radius 2 is 1.81 bits per heavy atom. The predicted molar refractivity (Wildman–Crippen MR) is 108 cm³/mol. The fourth-order valence-corrected chi connectivity index (χ4v) is 4.45. The Balaban J connectivity index is 2.93. The summed E-state index contributed by atoms with van der Waals surface area (Å²) in [6.45, 7) is 8.57. The van der Waals surface area contributed by atoms with Crippen molar-refractivity contribution in [1.29, 1.82) is 0 Å². The van der Waals surface area contributed by atoms with Crippen LogP contribution in [0.15, 0.2) is 0 Å². The number of nitrogens with zero attached hydrogens (tertiary/aromatic N) is 2. The van der Waals surface area contributed by atoms with Crippen molar-refractivity contribution in [3.63, 3.8) is 0 Å². The van der Waals surface area contributed by atoms with E-state index in [0.29, 0.717) is 12.3 Å². The average Bonchev–Trinajstić information content (AvgIpc) is 3.10. The Kier molecular flexibility index (Phi) is 9.91. The molecule has 158 valence electrons. The van der Waals surface area contributed by atoms with Crippen molar-refractivity contribution in [1.82, 2.24) is 9.80 Å². The Bertz CT molecular complexity index is 483. The zero-order chi connectivity index (χ0) is 20.7. The molecule has 0 aromatic heterocycles. The quantitative estimate of drug-likeness (QED) is 0.548. The zero-order valence-corrected chi connectivity index (χ0v) is 18.5. The number of likely N-dealkylation sites (N-methyl/N-ethyl adjacent to an activating group) is 1. The number of amides is 1. The van der Waals surface area contributed by atoms with Crippen molar-refractivity contribution in [3.05, 3.63) is 0 Å². The molecular formula is C21H40N2O4. The highest BCUT2D eigenvalue weighted by Gasteiger charge is 2.40. The smallest absolute Gasteiger partial charge is 0.225 e. The van der Waals surface area contributed by atoms with Crippen molar-refractivity contribution < 1.29 is 19.1 Å². The van der Waals surface area contributed by atoms with Gasteiger partial charge in [0.25, 0.3) is 0 Å². The molecule has 0 radical (unpaired) electrons. The monoisotopic (exact) mass is 384 g/mol. The number of ether oxygens (including phenoxy) is 2. The zero-order valence-electron chi connectivity index (χ0n) is 18.5. The van der Waals surface area contributed by atoms with E-state index in [9.17, 15) is 9.59 Å². The molecule has 1 rings (SSSR count). The Morgan fingerprint density at radius 1 is 1.19 bits per heavy atom. The molecule has 6 heteroatoms. The second-order valence-electron chi connectivity index (χ2n) is 8.21. The molecule has 1 saturated heterocycles. The molecule has 1 fully saturated rings. The highest BCUT2D eigenvalue weighted by Crippen LogP contribution is 2.28. The van der Waals surface area contributed by atoms with Gasteiger partial charge < -0.3 is 19.3 Å². The van der Waals surface area contributed by atoms with Crippen LogP contribution in [0.4, 0.5) is 0 Å². The van der Waals surface area contributed by atoms with Gasteiger partial charge in [0.1, 0.15) is 5.78 Å². The molecule has 0 N–H and O–H groups in total. The number of hydrogen-bond donors (Lipinski definition) is 0. The number of methoxy groups -OCH3 is 2. The van der Waals surface area contributed by atoms with Crippen LogP contribution in [-0.2, 0) is 19.1 Å². The van der Waals surface area contributed by atoms with Crippen molar-refractivity contribution in [2.24, 2.45) is 11.8 Å². The van der Waals surface area contributed by atoms with Crippen LogP contribution in [0.25, 0.3) is 0 Å².